The van der Waals surface area contributed by atoms with Crippen LogP contribution in [0.5, 0.6) is 0 Å². The number of halogens is 3. The van der Waals surface area contributed by atoms with Crippen molar-refractivity contribution < 1.29 is 19.1 Å². The minimum atomic E-state index is -1.12. The lowest BCUT2D eigenvalue weighted by molar-refractivity contribution is 0.0696. The van der Waals surface area contributed by atoms with Gasteiger partial charge in [-0.2, -0.15) is 0 Å². The fraction of sp³-hybridized carbons (Fsp3) is 0. The Morgan fingerprint density at radius 2 is 1.76 bits per heavy atom. The zero-order valence-electron chi connectivity index (χ0n) is 10.4. The van der Waals surface area contributed by atoms with Crippen LogP contribution in [-0.2, 0) is 0 Å². The minimum Gasteiger partial charge on any atom is -0.478 e. The van der Waals surface area contributed by atoms with Gasteiger partial charge in [-0.15, -0.1) is 0 Å². The summed E-state index contributed by atoms with van der Waals surface area (Å²) in [7, 11) is 0. The first-order chi connectivity index (χ1) is 9.86. The number of hydrogen-bond acceptors (Lipinski definition) is 2. The van der Waals surface area contributed by atoms with Crippen LogP contribution in [-0.4, -0.2) is 17.0 Å². The number of carbonyl (C=O) groups is 2. The molecule has 0 aliphatic carbocycles. The second-order valence-electron chi connectivity index (χ2n) is 4.11. The maximum absolute atomic E-state index is 13.6. The van der Waals surface area contributed by atoms with Crippen LogP contribution in [0.4, 0.5) is 10.1 Å². The number of rotatable bonds is 3. The Labute approximate surface area is 136 Å². The summed E-state index contributed by atoms with van der Waals surface area (Å²) in [6.45, 7) is 0. The van der Waals surface area contributed by atoms with E-state index in [9.17, 15) is 14.0 Å². The summed E-state index contributed by atoms with van der Waals surface area (Å²) in [5, 5.41) is 11.4. The highest BCUT2D eigenvalue weighted by Gasteiger charge is 2.14. The van der Waals surface area contributed by atoms with E-state index in [-0.39, 0.29) is 16.8 Å². The van der Waals surface area contributed by atoms with Crippen LogP contribution in [0.1, 0.15) is 20.7 Å². The van der Waals surface area contributed by atoms with Crippen LogP contribution >= 0.6 is 31.9 Å². The second-order valence-corrected chi connectivity index (χ2v) is 5.94. The molecule has 7 heteroatoms. The number of carboxylic acid groups (broad SMARTS) is 1. The van der Waals surface area contributed by atoms with Gasteiger partial charge >= 0.3 is 5.97 Å². The number of amides is 1. The molecule has 21 heavy (non-hydrogen) atoms. The fourth-order valence-electron chi connectivity index (χ4n) is 1.66. The van der Waals surface area contributed by atoms with Crippen molar-refractivity contribution in [2.45, 2.75) is 0 Å². The van der Waals surface area contributed by atoms with Gasteiger partial charge in [0.15, 0.2) is 0 Å². The van der Waals surface area contributed by atoms with E-state index in [4.69, 9.17) is 5.11 Å². The fourth-order valence-corrected chi connectivity index (χ4v) is 2.51. The van der Waals surface area contributed by atoms with Crippen LogP contribution in [0.2, 0.25) is 0 Å². The molecule has 0 radical (unpaired) electrons. The van der Waals surface area contributed by atoms with Crippen molar-refractivity contribution in [3.05, 3.63) is 62.3 Å². The monoisotopic (exact) mass is 415 g/mol. The van der Waals surface area contributed by atoms with E-state index in [1.165, 1.54) is 36.4 Å². The molecule has 0 unspecified atom stereocenters. The lowest BCUT2D eigenvalue weighted by atomic mass is 10.1. The third-order valence-corrected chi connectivity index (χ3v) is 3.53. The van der Waals surface area contributed by atoms with Crippen molar-refractivity contribution >= 4 is 49.4 Å². The maximum Gasteiger partial charge on any atom is 0.335 e. The Bertz CT molecular complexity index is 734. The third-order valence-electron chi connectivity index (χ3n) is 2.58. The van der Waals surface area contributed by atoms with E-state index < -0.39 is 17.7 Å². The van der Waals surface area contributed by atoms with E-state index >= 15 is 0 Å². The summed E-state index contributed by atoms with van der Waals surface area (Å²) in [5.41, 5.74) is 0.127. The molecule has 0 saturated carbocycles. The molecule has 0 fully saturated rings. The van der Waals surface area contributed by atoms with Gasteiger partial charge in [-0.3, -0.25) is 4.79 Å². The van der Waals surface area contributed by atoms with Crippen LogP contribution in [0, 0.1) is 5.82 Å². The third kappa shape index (κ3) is 3.89. The molecule has 2 aromatic carbocycles. The number of carbonyl (C=O) groups excluding carboxylic acids is 1. The Morgan fingerprint density at radius 3 is 2.43 bits per heavy atom. The first-order valence-electron chi connectivity index (χ1n) is 5.67. The summed E-state index contributed by atoms with van der Waals surface area (Å²) in [6, 6.07) is 8.22. The highest BCUT2D eigenvalue weighted by molar-refractivity contribution is 9.10. The molecule has 2 rings (SSSR count). The maximum atomic E-state index is 13.6. The lowest BCUT2D eigenvalue weighted by Crippen LogP contribution is -2.14. The first kappa shape index (κ1) is 15.7. The molecule has 0 spiro atoms. The van der Waals surface area contributed by atoms with Crippen LogP contribution in [0.3, 0.4) is 0 Å². The average Bonchev–Trinajstić information content (AvgIpc) is 2.40. The number of benzene rings is 2. The molecular weight excluding hydrogens is 409 g/mol. The smallest absolute Gasteiger partial charge is 0.335 e. The van der Waals surface area contributed by atoms with Gasteiger partial charge in [-0.05, 0) is 36.4 Å². The van der Waals surface area contributed by atoms with E-state index in [2.05, 4.69) is 37.2 Å². The van der Waals surface area contributed by atoms with Crippen molar-refractivity contribution in [3.8, 4) is 0 Å². The van der Waals surface area contributed by atoms with Crippen molar-refractivity contribution in [2.75, 3.05) is 5.32 Å². The van der Waals surface area contributed by atoms with Gasteiger partial charge in [0, 0.05) is 14.6 Å². The largest absolute Gasteiger partial charge is 0.478 e. The summed E-state index contributed by atoms with van der Waals surface area (Å²) in [5.74, 6) is -2.45. The molecule has 0 saturated heterocycles. The number of nitrogens with one attached hydrogen (secondary N) is 1. The Hall–Kier alpha value is -1.73. The Morgan fingerprint density at radius 1 is 1.05 bits per heavy atom. The molecule has 0 aromatic heterocycles. The van der Waals surface area contributed by atoms with E-state index in [0.29, 0.717) is 8.95 Å². The summed E-state index contributed by atoms with van der Waals surface area (Å²) in [6.07, 6.45) is 0. The predicted octanol–water partition coefficient (Wildman–Crippen LogP) is 4.30. The highest BCUT2D eigenvalue weighted by atomic mass is 79.9. The van der Waals surface area contributed by atoms with Gasteiger partial charge in [0.2, 0.25) is 0 Å². The molecule has 4 nitrogen and oxygen atoms in total. The highest BCUT2D eigenvalue weighted by Crippen LogP contribution is 2.22. The SMILES string of the molecule is O=C(O)c1cc(Br)cc(NC(=O)c2cc(Br)ccc2F)c1. The van der Waals surface area contributed by atoms with Crippen LogP contribution in [0.25, 0.3) is 0 Å². The molecule has 108 valence electrons. The van der Waals surface area contributed by atoms with E-state index in [0.717, 1.165) is 0 Å². The van der Waals surface area contributed by atoms with Crippen molar-refractivity contribution in [2.24, 2.45) is 0 Å². The van der Waals surface area contributed by atoms with Gasteiger partial charge < -0.3 is 10.4 Å². The zero-order chi connectivity index (χ0) is 15.6. The van der Waals surface area contributed by atoms with Gasteiger partial charge in [-0.25, -0.2) is 9.18 Å². The number of carboxylic acids is 1. The molecule has 0 heterocycles. The van der Waals surface area contributed by atoms with Gasteiger partial charge in [0.05, 0.1) is 11.1 Å². The summed E-state index contributed by atoms with van der Waals surface area (Å²) in [4.78, 5) is 23.0. The summed E-state index contributed by atoms with van der Waals surface area (Å²) >= 11 is 6.32. The topological polar surface area (TPSA) is 66.4 Å². The molecule has 0 aliphatic rings. The van der Waals surface area contributed by atoms with E-state index in [1.807, 2.05) is 0 Å². The van der Waals surface area contributed by atoms with Crippen molar-refractivity contribution in [1.82, 2.24) is 0 Å². The number of hydrogen-bond donors (Lipinski definition) is 2. The normalized spacial score (nSPS) is 10.2. The van der Waals surface area contributed by atoms with E-state index in [1.54, 1.807) is 0 Å². The Balaban J connectivity index is 2.31. The average molecular weight is 417 g/mol. The van der Waals surface area contributed by atoms with Crippen molar-refractivity contribution in [1.29, 1.82) is 0 Å². The zero-order valence-corrected chi connectivity index (χ0v) is 13.5. The molecule has 2 N–H and O–H groups in total. The van der Waals surface area contributed by atoms with Gasteiger partial charge in [0.25, 0.3) is 5.91 Å². The molecule has 1 amide bonds. The number of aromatic carboxylic acids is 1. The predicted molar refractivity (Wildman–Crippen MR) is 83.2 cm³/mol. The van der Waals surface area contributed by atoms with Crippen LogP contribution in [0.15, 0.2) is 45.3 Å². The molecule has 2 aromatic rings. The number of anilines is 1. The van der Waals surface area contributed by atoms with Crippen molar-refractivity contribution in [3.63, 3.8) is 0 Å². The minimum absolute atomic E-state index is 0.00869. The Kier molecular flexibility index (Phi) is 4.74. The molecular formula is C14H8Br2FNO3. The molecule has 0 aliphatic heterocycles. The summed E-state index contributed by atoms with van der Waals surface area (Å²) < 4.78 is 14.7. The van der Waals surface area contributed by atoms with Crippen LogP contribution < -0.4 is 5.32 Å². The lowest BCUT2D eigenvalue weighted by Gasteiger charge is -2.08. The quantitative estimate of drug-likeness (QED) is 0.783. The standard InChI is InChI=1S/C14H8Br2FNO3/c15-8-1-2-12(17)11(6-8)13(19)18-10-4-7(14(20)21)3-9(16)5-10/h1-6H,(H,18,19)(H,20,21). The molecule has 0 atom stereocenters. The first-order valence-corrected chi connectivity index (χ1v) is 7.25. The molecule has 0 bridgehead atoms. The van der Waals surface area contributed by atoms with Gasteiger partial charge in [0.1, 0.15) is 5.82 Å². The second kappa shape index (κ2) is 6.36. The van der Waals surface area contributed by atoms with Gasteiger partial charge in [-0.1, -0.05) is 31.9 Å².